The van der Waals surface area contributed by atoms with Crippen LogP contribution in [0.5, 0.6) is 0 Å². The molecule has 0 atom stereocenters. The van der Waals surface area contributed by atoms with E-state index in [-0.39, 0.29) is 5.78 Å². The molecule has 1 aromatic carbocycles. The first-order valence-electron chi connectivity index (χ1n) is 6.62. The van der Waals surface area contributed by atoms with Gasteiger partial charge in [-0.2, -0.15) is 0 Å². The molecule has 2 heterocycles. The molecule has 0 unspecified atom stereocenters. The van der Waals surface area contributed by atoms with Gasteiger partial charge >= 0.3 is 0 Å². The van der Waals surface area contributed by atoms with Gasteiger partial charge in [-0.1, -0.05) is 18.2 Å². The second-order valence-electron chi connectivity index (χ2n) is 4.79. The Bertz CT molecular complexity index is 580. The van der Waals surface area contributed by atoms with Gasteiger partial charge in [-0.15, -0.1) is 0 Å². The molecule has 96 valence electrons. The monoisotopic (exact) mass is 252 g/mol. The number of hydrogen-bond donors (Lipinski definition) is 0. The van der Waals surface area contributed by atoms with Crippen LogP contribution in [0.2, 0.25) is 0 Å². The van der Waals surface area contributed by atoms with Gasteiger partial charge in [0.25, 0.3) is 0 Å². The molecular formula is C16H16N2O. The van der Waals surface area contributed by atoms with Crippen LogP contribution in [0.1, 0.15) is 28.9 Å². The maximum absolute atomic E-state index is 12.1. The Hall–Kier alpha value is -2.16. The molecule has 0 N–H and O–H groups in total. The highest BCUT2D eigenvalue weighted by atomic mass is 16.1. The van der Waals surface area contributed by atoms with Gasteiger partial charge in [0.05, 0.1) is 12.2 Å². The third-order valence-corrected chi connectivity index (χ3v) is 3.46. The van der Waals surface area contributed by atoms with E-state index in [2.05, 4.69) is 9.88 Å². The average Bonchev–Trinajstić information content (AvgIpc) is 2.61. The molecule has 0 bridgehead atoms. The van der Waals surface area contributed by atoms with E-state index < -0.39 is 0 Å². The SMILES string of the molecule is O=C1CCCN(Cc2ccccn2)c2ccccc21. The number of benzene rings is 1. The van der Waals surface area contributed by atoms with Crippen LogP contribution in [-0.2, 0) is 6.54 Å². The Labute approximate surface area is 112 Å². The standard InChI is InChI=1S/C16H16N2O/c19-16-9-5-11-18(12-13-6-3-4-10-17-13)15-8-2-1-7-14(15)16/h1-4,6-8,10H,5,9,11-12H2. The molecule has 0 spiro atoms. The number of hydrogen-bond acceptors (Lipinski definition) is 3. The Balaban J connectivity index is 1.93. The van der Waals surface area contributed by atoms with E-state index >= 15 is 0 Å². The Morgan fingerprint density at radius 2 is 1.95 bits per heavy atom. The average molecular weight is 252 g/mol. The van der Waals surface area contributed by atoms with E-state index in [1.54, 1.807) is 0 Å². The summed E-state index contributed by atoms with van der Waals surface area (Å²) < 4.78 is 0. The van der Waals surface area contributed by atoms with Crippen LogP contribution >= 0.6 is 0 Å². The van der Waals surface area contributed by atoms with E-state index in [1.165, 1.54) is 0 Å². The third kappa shape index (κ3) is 2.50. The first-order chi connectivity index (χ1) is 9.34. The fraction of sp³-hybridized carbons (Fsp3) is 0.250. The van der Waals surface area contributed by atoms with Gasteiger partial charge in [-0.25, -0.2) is 0 Å². The van der Waals surface area contributed by atoms with E-state index in [1.807, 2.05) is 48.7 Å². The number of anilines is 1. The first-order valence-corrected chi connectivity index (χ1v) is 6.62. The molecule has 3 rings (SSSR count). The van der Waals surface area contributed by atoms with Crippen LogP contribution in [0.4, 0.5) is 5.69 Å². The van der Waals surface area contributed by atoms with Crippen molar-refractivity contribution >= 4 is 11.5 Å². The molecule has 0 radical (unpaired) electrons. The maximum atomic E-state index is 12.1. The van der Waals surface area contributed by atoms with Crippen LogP contribution in [0, 0.1) is 0 Å². The number of carbonyl (C=O) groups excluding carboxylic acids is 1. The van der Waals surface area contributed by atoms with Gasteiger partial charge in [0, 0.05) is 30.4 Å². The fourth-order valence-corrected chi connectivity index (χ4v) is 2.52. The summed E-state index contributed by atoms with van der Waals surface area (Å²) in [4.78, 5) is 18.7. The fourth-order valence-electron chi connectivity index (χ4n) is 2.52. The van der Waals surface area contributed by atoms with Crippen LogP contribution in [0.15, 0.2) is 48.7 Å². The summed E-state index contributed by atoms with van der Waals surface area (Å²) in [5.74, 6) is 0.249. The third-order valence-electron chi connectivity index (χ3n) is 3.46. The number of para-hydroxylation sites is 1. The minimum absolute atomic E-state index is 0.249. The summed E-state index contributed by atoms with van der Waals surface area (Å²) in [5.41, 5.74) is 2.92. The van der Waals surface area contributed by atoms with Gasteiger partial charge in [-0.05, 0) is 30.7 Å². The number of fused-ring (bicyclic) bond motifs is 1. The van der Waals surface area contributed by atoms with Crippen molar-refractivity contribution in [2.75, 3.05) is 11.4 Å². The molecule has 3 heteroatoms. The van der Waals surface area contributed by atoms with Crippen molar-refractivity contribution in [3.63, 3.8) is 0 Å². The van der Waals surface area contributed by atoms with Crippen molar-refractivity contribution < 1.29 is 4.79 Å². The topological polar surface area (TPSA) is 33.2 Å². The molecule has 1 aliphatic rings. The second kappa shape index (κ2) is 5.22. The highest BCUT2D eigenvalue weighted by molar-refractivity contribution is 6.01. The molecule has 2 aromatic rings. The predicted octanol–water partition coefficient (Wildman–Crippen LogP) is 3.06. The molecule has 19 heavy (non-hydrogen) atoms. The van der Waals surface area contributed by atoms with E-state index in [9.17, 15) is 4.79 Å². The van der Waals surface area contributed by atoms with E-state index in [0.717, 1.165) is 36.5 Å². The quantitative estimate of drug-likeness (QED) is 0.823. The summed E-state index contributed by atoms with van der Waals surface area (Å²) in [7, 11) is 0. The number of Topliss-reactive ketones (excluding diaryl/α,β-unsaturated/α-hetero) is 1. The number of carbonyl (C=O) groups is 1. The van der Waals surface area contributed by atoms with E-state index in [4.69, 9.17) is 0 Å². The van der Waals surface area contributed by atoms with Gasteiger partial charge in [0.1, 0.15) is 0 Å². The molecule has 0 saturated carbocycles. The highest BCUT2D eigenvalue weighted by Crippen LogP contribution is 2.27. The maximum Gasteiger partial charge on any atom is 0.165 e. The summed E-state index contributed by atoms with van der Waals surface area (Å²) in [6.45, 7) is 1.66. The summed E-state index contributed by atoms with van der Waals surface area (Å²) in [6, 6.07) is 13.8. The first kappa shape index (κ1) is 11.9. The smallest absolute Gasteiger partial charge is 0.165 e. The van der Waals surface area contributed by atoms with Crippen molar-refractivity contribution in [2.45, 2.75) is 19.4 Å². The largest absolute Gasteiger partial charge is 0.365 e. The zero-order chi connectivity index (χ0) is 13.1. The molecule has 1 aliphatic heterocycles. The lowest BCUT2D eigenvalue weighted by Crippen LogP contribution is -2.24. The van der Waals surface area contributed by atoms with Crippen LogP contribution in [-0.4, -0.2) is 17.3 Å². The Kier molecular flexibility index (Phi) is 3.27. The molecule has 3 nitrogen and oxygen atoms in total. The van der Waals surface area contributed by atoms with Crippen molar-refractivity contribution in [2.24, 2.45) is 0 Å². The van der Waals surface area contributed by atoms with Crippen LogP contribution < -0.4 is 4.90 Å². The normalized spacial score (nSPS) is 14.9. The molecule has 0 amide bonds. The molecule has 1 aromatic heterocycles. The molecular weight excluding hydrogens is 236 g/mol. The summed E-state index contributed by atoms with van der Waals surface area (Å²) in [5, 5.41) is 0. The zero-order valence-electron chi connectivity index (χ0n) is 10.7. The number of aromatic nitrogens is 1. The van der Waals surface area contributed by atoms with Gasteiger partial charge in [-0.3, -0.25) is 9.78 Å². The lowest BCUT2D eigenvalue weighted by Gasteiger charge is -2.24. The Morgan fingerprint density at radius 1 is 1.11 bits per heavy atom. The number of ketones is 1. The number of nitrogens with zero attached hydrogens (tertiary/aromatic N) is 2. The summed E-state index contributed by atoms with van der Waals surface area (Å²) >= 11 is 0. The lowest BCUT2D eigenvalue weighted by atomic mass is 10.1. The van der Waals surface area contributed by atoms with Crippen molar-refractivity contribution in [1.29, 1.82) is 0 Å². The lowest BCUT2D eigenvalue weighted by molar-refractivity contribution is 0.0984. The van der Waals surface area contributed by atoms with Crippen molar-refractivity contribution in [1.82, 2.24) is 4.98 Å². The molecule has 0 saturated heterocycles. The molecule has 0 aliphatic carbocycles. The molecule has 0 fully saturated rings. The number of rotatable bonds is 2. The zero-order valence-corrected chi connectivity index (χ0v) is 10.7. The van der Waals surface area contributed by atoms with Gasteiger partial charge in [0.15, 0.2) is 5.78 Å². The summed E-state index contributed by atoms with van der Waals surface area (Å²) in [6.07, 6.45) is 3.35. The predicted molar refractivity (Wildman–Crippen MR) is 75.3 cm³/mol. The minimum atomic E-state index is 0.249. The second-order valence-corrected chi connectivity index (χ2v) is 4.79. The van der Waals surface area contributed by atoms with Gasteiger partial charge < -0.3 is 4.90 Å². The number of pyridine rings is 1. The van der Waals surface area contributed by atoms with Gasteiger partial charge in [0.2, 0.25) is 0 Å². The van der Waals surface area contributed by atoms with Crippen molar-refractivity contribution in [3.8, 4) is 0 Å². The Morgan fingerprint density at radius 3 is 2.79 bits per heavy atom. The van der Waals surface area contributed by atoms with E-state index in [0.29, 0.717) is 6.42 Å². The van der Waals surface area contributed by atoms with Crippen LogP contribution in [0.25, 0.3) is 0 Å². The van der Waals surface area contributed by atoms with Crippen molar-refractivity contribution in [3.05, 3.63) is 59.9 Å². The minimum Gasteiger partial charge on any atom is -0.365 e. The highest BCUT2D eigenvalue weighted by Gasteiger charge is 2.20. The van der Waals surface area contributed by atoms with Crippen LogP contribution in [0.3, 0.4) is 0 Å².